The molecule has 2 rings (SSSR count). The fraction of sp³-hybridized carbons (Fsp3) is 0.455. The summed E-state index contributed by atoms with van der Waals surface area (Å²) in [6, 6.07) is 1.57. The number of aromatic amines is 1. The van der Waals surface area contributed by atoms with E-state index in [1.165, 1.54) is 6.20 Å². The first-order valence-electron chi connectivity index (χ1n) is 5.44. The number of H-pyrrole nitrogens is 1. The first-order chi connectivity index (χ1) is 8.08. The third kappa shape index (κ3) is 2.76. The lowest BCUT2D eigenvalue weighted by atomic mass is 10.2. The molecule has 1 amide bonds. The SMILES string of the molecule is CN1CCN(C(=O)c2cc(Br)c[nH]c2=O)CC1. The molecule has 1 fully saturated rings. The summed E-state index contributed by atoms with van der Waals surface area (Å²) in [6.45, 7) is 3.03. The number of rotatable bonds is 1. The van der Waals surface area contributed by atoms with Crippen LogP contribution in [-0.2, 0) is 0 Å². The van der Waals surface area contributed by atoms with Crippen LogP contribution in [-0.4, -0.2) is 53.9 Å². The van der Waals surface area contributed by atoms with Gasteiger partial charge in [-0.2, -0.15) is 0 Å². The highest BCUT2D eigenvalue weighted by atomic mass is 79.9. The minimum atomic E-state index is -0.336. The van der Waals surface area contributed by atoms with E-state index in [9.17, 15) is 9.59 Å². The molecule has 0 aromatic carbocycles. The van der Waals surface area contributed by atoms with Crippen molar-refractivity contribution in [3.63, 3.8) is 0 Å². The van der Waals surface area contributed by atoms with E-state index < -0.39 is 0 Å². The first-order valence-corrected chi connectivity index (χ1v) is 6.23. The summed E-state index contributed by atoms with van der Waals surface area (Å²) in [5.74, 6) is -0.194. The third-order valence-corrected chi connectivity index (χ3v) is 3.35. The minimum absolute atomic E-state index is 0.194. The number of aromatic nitrogens is 1. The van der Waals surface area contributed by atoms with E-state index >= 15 is 0 Å². The summed E-state index contributed by atoms with van der Waals surface area (Å²) in [5, 5.41) is 0. The van der Waals surface area contributed by atoms with Crippen LogP contribution in [0.3, 0.4) is 0 Å². The number of nitrogens with zero attached hydrogens (tertiary/aromatic N) is 2. The summed E-state index contributed by atoms with van der Waals surface area (Å²) in [5.41, 5.74) is -0.138. The molecule has 0 bridgehead atoms. The van der Waals surface area contributed by atoms with Crippen molar-refractivity contribution in [1.29, 1.82) is 0 Å². The van der Waals surface area contributed by atoms with Crippen molar-refractivity contribution in [3.8, 4) is 0 Å². The van der Waals surface area contributed by atoms with Crippen LogP contribution >= 0.6 is 15.9 Å². The summed E-state index contributed by atoms with van der Waals surface area (Å²) >= 11 is 3.25. The Balaban J connectivity index is 2.19. The highest BCUT2D eigenvalue weighted by Gasteiger charge is 2.22. The molecule has 0 spiro atoms. The number of hydrogen-bond acceptors (Lipinski definition) is 3. The lowest BCUT2D eigenvalue weighted by Crippen LogP contribution is -2.48. The van der Waals surface area contributed by atoms with Crippen LogP contribution in [0.4, 0.5) is 0 Å². The van der Waals surface area contributed by atoms with Crippen molar-refractivity contribution in [2.24, 2.45) is 0 Å². The van der Waals surface area contributed by atoms with Crippen molar-refractivity contribution in [3.05, 3.63) is 32.7 Å². The standard InChI is InChI=1S/C11H14BrN3O2/c1-14-2-4-15(5-3-14)11(17)9-6-8(12)7-13-10(9)16/h6-7H,2-5H2,1H3,(H,13,16). The van der Waals surface area contributed by atoms with E-state index in [1.54, 1.807) is 11.0 Å². The fourth-order valence-electron chi connectivity index (χ4n) is 1.80. The Kier molecular flexibility index (Phi) is 3.63. The average Bonchev–Trinajstić information content (AvgIpc) is 2.32. The van der Waals surface area contributed by atoms with Crippen molar-refractivity contribution in [2.75, 3.05) is 33.2 Å². The van der Waals surface area contributed by atoms with Gasteiger partial charge in [0.1, 0.15) is 5.56 Å². The number of halogens is 1. The van der Waals surface area contributed by atoms with Gasteiger partial charge < -0.3 is 14.8 Å². The minimum Gasteiger partial charge on any atom is -0.336 e. The van der Waals surface area contributed by atoms with Gasteiger partial charge in [0.25, 0.3) is 11.5 Å². The Hall–Kier alpha value is -1.14. The number of piperazine rings is 1. The fourth-order valence-corrected chi connectivity index (χ4v) is 2.14. The van der Waals surface area contributed by atoms with E-state index in [0.29, 0.717) is 17.6 Å². The van der Waals surface area contributed by atoms with Crippen LogP contribution < -0.4 is 5.56 Å². The second kappa shape index (κ2) is 5.01. The topological polar surface area (TPSA) is 56.4 Å². The molecule has 1 aliphatic rings. The summed E-state index contributed by atoms with van der Waals surface area (Å²) in [4.78, 5) is 30.1. The zero-order valence-electron chi connectivity index (χ0n) is 9.57. The molecule has 0 unspecified atom stereocenters. The Morgan fingerprint density at radius 2 is 2.00 bits per heavy atom. The number of carbonyl (C=O) groups is 1. The highest BCUT2D eigenvalue weighted by Crippen LogP contribution is 2.10. The molecule has 17 heavy (non-hydrogen) atoms. The van der Waals surface area contributed by atoms with Gasteiger partial charge in [0.05, 0.1) is 0 Å². The van der Waals surface area contributed by atoms with Gasteiger partial charge in [-0.25, -0.2) is 0 Å². The normalized spacial score (nSPS) is 17.2. The Morgan fingerprint density at radius 1 is 1.35 bits per heavy atom. The van der Waals surface area contributed by atoms with Crippen LogP contribution in [0.5, 0.6) is 0 Å². The number of carbonyl (C=O) groups excluding carboxylic acids is 1. The van der Waals surface area contributed by atoms with Gasteiger partial charge in [-0.05, 0) is 29.0 Å². The smallest absolute Gasteiger partial charge is 0.260 e. The number of hydrogen-bond donors (Lipinski definition) is 1. The summed E-state index contributed by atoms with van der Waals surface area (Å²) in [7, 11) is 2.02. The molecule has 1 saturated heterocycles. The zero-order valence-corrected chi connectivity index (χ0v) is 11.2. The molecule has 1 aromatic heterocycles. The maximum atomic E-state index is 12.1. The lowest BCUT2D eigenvalue weighted by molar-refractivity contribution is 0.0662. The molecule has 1 aliphatic heterocycles. The quantitative estimate of drug-likeness (QED) is 0.823. The number of pyridine rings is 1. The average molecular weight is 300 g/mol. The molecule has 1 N–H and O–H groups in total. The molecule has 6 heteroatoms. The molecule has 0 atom stereocenters. The van der Waals surface area contributed by atoms with Crippen LogP contribution in [0, 0.1) is 0 Å². The Labute approximate surface area is 108 Å². The Bertz CT molecular complexity index is 478. The molecule has 0 saturated carbocycles. The molecule has 5 nitrogen and oxygen atoms in total. The van der Waals surface area contributed by atoms with E-state index in [1.807, 2.05) is 7.05 Å². The maximum Gasteiger partial charge on any atom is 0.260 e. The summed E-state index contributed by atoms with van der Waals surface area (Å²) in [6.07, 6.45) is 1.53. The molecule has 92 valence electrons. The van der Waals surface area contributed by atoms with Gasteiger partial charge in [-0.15, -0.1) is 0 Å². The number of amides is 1. The van der Waals surface area contributed by atoms with Crippen LogP contribution in [0.1, 0.15) is 10.4 Å². The van der Waals surface area contributed by atoms with Gasteiger partial charge in [0.15, 0.2) is 0 Å². The van der Waals surface area contributed by atoms with E-state index in [4.69, 9.17) is 0 Å². The highest BCUT2D eigenvalue weighted by molar-refractivity contribution is 9.10. The van der Waals surface area contributed by atoms with Gasteiger partial charge in [-0.3, -0.25) is 9.59 Å². The number of likely N-dealkylation sites (N-methyl/N-ethyl adjacent to an activating group) is 1. The van der Waals surface area contributed by atoms with E-state index in [0.717, 1.165) is 13.1 Å². The number of nitrogens with one attached hydrogen (secondary N) is 1. The van der Waals surface area contributed by atoms with Gasteiger partial charge >= 0.3 is 0 Å². The maximum absolute atomic E-state index is 12.1. The van der Waals surface area contributed by atoms with E-state index in [-0.39, 0.29) is 17.0 Å². The first kappa shape index (κ1) is 12.3. The van der Waals surface area contributed by atoms with Gasteiger partial charge in [-0.1, -0.05) is 0 Å². The lowest BCUT2D eigenvalue weighted by Gasteiger charge is -2.32. The van der Waals surface area contributed by atoms with E-state index in [2.05, 4.69) is 25.8 Å². The van der Waals surface area contributed by atoms with Gasteiger partial charge in [0, 0.05) is 36.8 Å². The largest absolute Gasteiger partial charge is 0.336 e. The molecule has 0 aliphatic carbocycles. The molecular formula is C11H14BrN3O2. The second-order valence-electron chi connectivity index (χ2n) is 4.16. The monoisotopic (exact) mass is 299 g/mol. The zero-order chi connectivity index (χ0) is 12.4. The molecular weight excluding hydrogens is 286 g/mol. The van der Waals surface area contributed by atoms with Crippen LogP contribution in [0.2, 0.25) is 0 Å². The summed E-state index contributed by atoms with van der Waals surface area (Å²) < 4.78 is 0.703. The van der Waals surface area contributed by atoms with Gasteiger partial charge in [0.2, 0.25) is 0 Å². The van der Waals surface area contributed by atoms with Crippen molar-refractivity contribution in [1.82, 2.24) is 14.8 Å². The van der Waals surface area contributed by atoms with Crippen molar-refractivity contribution >= 4 is 21.8 Å². The predicted molar refractivity (Wildman–Crippen MR) is 68.2 cm³/mol. The molecule has 0 radical (unpaired) electrons. The van der Waals surface area contributed by atoms with Crippen molar-refractivity contribution < 1.29 is 4.79 Å². The molecule has 1 aromatic rings. The third-order valence-electron chi connectivity index (χ3n) is 2.89. The molecule has 2 heterocycles. The van der Waals surface area contributed by atoms with Crippen molar-refractivity contribution in [2.45, 2.75) is 0 Å². The van der Waals surface area contributed by atoms with Crippen LogP contribution in [0.25, 0.3) is 0 Å². The Morgan fingerprint density at radius 3 is 2.65 bits per heavy atom. The van der Waals surface area contributed by atoms with Crippen LogP contribution in [0.15, 0.2) is 21.5 Å². The predicted octanol–water partition coefficient (Wildman–Crippen LogP) is 0.525. The second-order valence-corrected chi connectivity index (χ2v) is 5.07.